The first-order valence-electron chi connectivity index (χ1n) is 31.5. The molecule has 3 aromatic heterocycles. The number of nitrogen functional groups attached to an aromatic ring is 1. The monoisotopic (exact) mass is 1290 g/mol. The minimum atomic E-state index is -1.00. The van der Waals surface area contributed by atoms with Crippen LogP contribution in [0.25, 0.3) is 11.2 Å². The van der Waals surface area contributed by atoms with E-state index in [0.29, 0.717) is 61.4 Å². The van der Waals surface area contributed by atoms with E-state index in [9.17, 15) is 28.8 Å². The molecule has 0 bridgehead atoms. The number of H-pyrrole nitrogens is 1. The number of nitrogens with one attached hydrogen (secondary N) is 2. The molecule has 30 heteroatoms. The average Bonchev–Trinajstić information content (AvgIpc) is 1.73. The first kappa shape index (κ1) is 86.2. The van der Waals surface area contributed by atoms with Gasteiger partial charge in [0.25, 0.3) is 5.56 Å². The molecule has 4 unspecified atom stereocenters. The smallest absolute Gasteiger partial charge is 0.338 e. The highest BCUT2D eigenvalue weighted by Crippen LogP contribution is 2.22. The Morgan fingerprint density at radius 1 is 0.758 bits per heavy atom. The fourth-order valence-corrected chi connectivity index (χ4v) is 8.53. The van der Waals surface area contributed by atoms with Crippen molar-refractivity contribution in [1.29, 1.82) is 0 Å². The molecular weight excluding hydrogens is 1180 g/mol. The highest BCUT2D eigenvalue weighted by Gasteiger charge is 2.20. The number of aliphatic hydroxyl groups excluding tert-OH is 2. The first-order chi connectivity index (χ1) is 43.1. The predicted octanol–water partition coefficient (Wildman–Crippen LogP) is 1.53. The number of imidazole rings is 2. The molecule has 1 aromatic carbocycles. The Hall–Kier alpha value is -6.87. The summed E-state index contributed by atoms with van der Waals surface area (Å²) in [6.07, 6.45) is 22.2. The van der Waals surface area contributed by atoms with Crippen molar-refractivity contribution in [1.82, 2.24) is 48.7 Å². The van der Waals surface area contributed by atoms with Crippen LogP contribution in [0.3, 0.4) is 0 Å². The molecule has 2 aliphatic carbocycles. The lowest BCUT2D eigenvalue weighted by molar-refractivity contribution is -0.139. The molecule has 0 aliphatic heterocycles. The molecule has 30 nitrogen and oxygen atoms in total. The summed E-state index contributed by atoms with van der Waals surface area (Å²) in [4.78, 5) is 85.7. The Kier molecular flexibility index (Phi) is 49.0. The molecule has 0 amide bonds. The van der Waals surface area contributed by atoms with E-state index in [1.807, 2.05) is 14.1 Å². The third-order valence-electron chi connectivity index (χ3n) is 14.6. The number of ether oxygens (including phenoxy) is 1. The zero-order chi connectivity index (χ0) is 69.4. The number of likely N-dealkylation sites (N-methyl/N-ethyl adjacent to an activating group) is 2. The van der Waals surface area contributed by atoms with Crippen LogP contribution in [0.1, 0.15) is 147 Å². The van der Waals surface area contributed by atoms with E-state index >= 15 is 0 Å². The summed E-state index contributed by atoms with van der Waals surface area (Å²) >= 11 is 0. The average molecular weight is 1290 g/mol. The highest BCUT2D eigenvalue weighted by molar-refractivity contribution is 5.89. The van der Waals surface area contributed by atoms with E-state index in [-0.39, 0.29) is 42.4 Å². The van der Waals surface area contributed by atoms with E-state index in [1.165, 1.54) is 88.5 Å². The van der Waals surface area contributed by atoms with Gasteiger partial charge in [0.1, 0.15) is 31.0 Å². The number of carboxylic acids is 3. The van der Waals surface area contributed by atoms with Gasteiger partial charge in [0, 0.05) is 76.9 Å². The van der Waals surface area contributed by atoms with Crippen molar-refractivity contribution in [2.24, 2.45) is 60.5 Å². The van der Waals surface area contributed by atoms with Gasteiger partial charge in [0.15, 0.2) is 17.1 Å². The van der Waals surface area contributed by atoms with Gasteiger partial charge >= 0.3 is 29.6 Å². The number of aliphatic hydroxyl groups is 2. The number of nitrogens with zero attached hydrogens (tertiary/aromatic N) is 9. The second-order valence-electron chi connectivity index (χ2n) is 22.0. The van der Waals surface area contributed by atoms with Crippen LogP contribution in [0, 0.1) is 0 Å². The molecule has 21 N–H and O–H groups in total. The lowest BCUT2D eigenvalue weighted by Crippen LogP contribution is -2.40. The van der Waals surface area contributed by atoms with Crippen molar-refractivity contribution in [3.63, 3.8) is 0 Å². The second kappa shape index (κ2) is 51.7. The number of fused-ring (bicyclic) bond motifs is 1. The number of hydrogen-bond acceptors (Lipinski definition) is 21. The molecular formula is C61H116N18O12. The first-order valence-corrected chi connectivity index (χ1v) is 31.5. The number of guanidine groups is 1. The van der Waals surface area contributed by atoms with Crippen LogP contribution in [0.2, 0.25) is 0 Å². The number of anilines is 1. The van der Waals surface area contributed by atoms with Crippen LogP contribution in [0.5, 0.6) is 0 Å². The fourth-order valence-electron chi connectivity index (χ4n) is 8.53. The molecule has 2 fully saturated rings. The summed E-state index contributed by atoms with van der Waals surface area (Å²) < 4.78 is 9.22. The minimum Gasteiger partial charge on any atom is -0.480 e. The molecule has 3 heterocycles. The third kappa shape index (κ3) is 40.6. The number of esters is 1. The third-order valence-corrected chi connectivity index (χ3v) is 14.6. The maximum absolute atomic E-state index is 11.7. The Labute approximate surface area is 537 Å². The van der Waals surface area contributed by atoms with Crippen LogP contribution in [0.4, 0.5) is 5.69 Å². The number of unbranched alkanes of at least 4 members (excludes halogenated alkanes) is 1. The van der Waals surface area contributed by atoms with Gasteiger partial charge < -0.3 is 95.1 Å². The zero-order valence-electron chi connectivity index (χ0n) is 56.1. The van der Waals surface area contributed by atoms with Crippen molar-refractivity contribution in [2.75, 3.05) is 85.4 Å². The van der Waals surface area contributed by atoms with E-state index in [4.69, 9.17) is 70.4 Å². The highest BCUT2D eigenvalue weighted by atomic mass is 16.5. The summed E-state index contributed by atoms with van der Waals surface area (Å²) in [6, 6.07) is 6.10. The minimum absolute atomic E-state index is 0.0129. The maximum atomic E-state index is 11.7. The lowest BCUT2D eigenvalue weighted by atomic mass is 9.91. The number of aliphatic imine (C=N–C) groups is 1. The number of aliphatic carboxylic acids is 3. The second-order valence-corrected chi connectivity index (χ2v) is 22.0. The number of aryl methyl sites for hydroxylation is 2. The number of aromatic amines is 1. The number of rotatable bonds is 26. The Bertz CT molecular complexity index is 2640. The number of carbonyl (C=O) groups excluding carboxylic acids is 1. The van der Waals surface area contributed by atoms with Crippen molar-refractivity contribution in [3.8, 4) is 0 Å². The molecule has 4 atom stereocenters. The van der Waals surface area contributed by atoms with Gasteiger partial charge in [-0.1, -0.05) is 72.6 Å². The maximum Gasteiger partial charge on any atom is 0.338 e. The lowest BCUT2D eigenvalue weighted by Gasteiger charge is -2.30. The van der Waals surface area contributed by atoms with Gasteiger partial charge in [-0.3, -0.25) is 38.2 Å². The summed E-state index contributed by atoms with van der Waals surface area (Å²) in [5.41, 5.74) is 38.6. The van der Waals surface area contributed by atoms with Gasteiger partial charge in [-0.25, -0.2) is 19.6 Å². The van der Waals surface area contributed by atoms with E-state index in [1.54, 1.807) is 60.9 Å². The molecule has 91 heavy (non-hydrogen) atoms. The van der Waals surface area contributed by atoms with Crippen LogP contribution in [-0.4, -0.2) is 215 Å². The number of carbonyl (C=O) groups is 4. The Morgan fingerprint density at radius 3 is 1.65 bits per heavy atom. The molecule has 2 saturated carbocycles. The fraction of sp³-hybridized carbons (Fsp3) is 0.689. The van der Waals surface area contributed by atoms with Gasteiger partial charge in [-0.05, 0) is 129 Å². The van der Waals surface area contributed by atoms with Crippen molar-refractivity contribution in [3.05, 3.63) is 75.2 Å². The van der Waals surface area contributed by atoms with Gasteiger partial charge in [-0.2, -0.15) is 0 Å². The number of nitrogens with two attached hydrogens (primary N) is 7. The molecule has 4 aromatic rings. The summed E-state index contributed by atoms with van der Waals surface area (Å²) in [5, 5.41) is 46.0. The molecule has 0 saturated heterocycles. The largest absolute Gasteiger partial charge is 0.480 e. The van der Waals surface area contributed by atoms with E-state index < -0.39 is 36.0 Å². The summed E-state index contributed by atoms with van der Waals surface area (Å²) in [6.45, 7) is 17.4. The van der Waals surface area contributed by atoms with Crippen LogP contribution >= 0.6 is 0 Å². The Balaban J connectivity index is 0. The zero-order valence-corrected chi connectivity index (χ0v) is 56.1. The van der Waals surface area contributed by atoms with Crippen molar-refractivity contribution >= 4 is 46.7 Å². The molecule has 522 valence electrons. The topological polar surface area (TPSA) is 485 Å². The summed E-state index contributed by atoms with van der Waals surface area (Å²) in [7, 11) is 8.42. The number of benzene rings is 1. The van der Waals surface area contributed by atoms with Crippen LogP contribution in [-0.2, 0) is 46.7 Å². The number of carboxylic acid groups (broad SMARTS) is 3. The van der Waals surface area contributed by atoms with Crippen LogP contribution < -0.4 is 56.7 Å². The number of hydrogen-bond donors (Lipinski definition) is 14. The Morgan fingerprint density at radius 2 is 1.24 bits per heavy atom. The predicted molar refractivity (Wildman–Crippen MR) is 359 cm³/mol. The molecule has 6 rings (SSSR count). The van der Waals surface area contributed by atoms with E-state index in [0.717, 1.165) is 74.5 Å². The molecule has 0 spiro atoms. The SMILES string of the molecule is C1CCC(NC2CCCCC2)CC1.CC(O)N(C)C.CCN(CC)CCO.CCN(CC)CCOC(=O)c1ccc(N)cc1.Cn1c(=O)c2c(ncn2C)n(C)c1=O.NC(Cc1cnc[nH]1)C(=O)O.NC(N)=NCCCC(N)C(=O)O.NCCCCC(N)C(=O)O. The van der Waals surface area contributed by atoms with E-state index in [2.05, 4.69) is 62.8 Å². The molecule has 2 aliphatic rings. The van der Waals surface area contributed by atoms with Crippen molar-refractivity contribution < 1.29 is 49.4 Å². The van der Waals surface area contributed by atoms with Gasteiger partial charge in [0.05, 0.1) is 24.8 Å². The normalized spacial score (nSPS) is 14.1. The van der Waals surface area contributed by atoms with Crippen LogP contribution in [0.15, 0.2) is 57.7 Å². The quantitative estimate of drug-likeness (QED) is 0.0106. The van der Waals surface area contributed by atoms with Gasteiger partial charge in [-0.15, -0.1) is 0 Å². The van der Waals surface area contributed by atoms with Crippen molar-refractivity contribution in [2.45, 2.75) is 174 Å². The number of aromatic nitrogens is 6. The standard InChI is InChI=1S/C13H20N2O2.C12H23N.C8H10N4O2.C6H14N4O2.C6H9N3O2.C6H14N2O2.C6H15NO.C4H11NO/c1-3-15(4-2)9-10-17-13(16)11-5-7-12(14)8-6-11;1-3-7-11(8-4-1)13-12-9-5-2-6-10-12;1-10-4-9-6-5(10)7(13)12(3)8(14)11(6)2;7-4(5(11)12)2-1-3-10-6(8)9;7-5(6(10)11)1-4-2-8-3-9-4;7-4-2-1-3-5(8)6(9)10;1-3-7(4-2)5-6-8;1-4(6)5(2)3/h5-8H,3-4,9-10,14H2,1-2H3;11-13H,1-10H2;4H,1-3H3;4H,1-3,7H2,(H,11,12)(H4,8,9,10);2-3,5H,1,7H2,(H,8,9)(H,10,11);5H,1-4,7-8H2,(H,9,10);8H,3-6H2,1-2H3;4,6H,1-3H3. The summed E-state index contributed by atoms with van der Waals surface area (Å²) in [5.74, 6) is -3.22. The van der Waals surface area contributed by atoms with Gasteiger partial charge in [0.2, 0.25) is 0 Å². The molecule has 0 radical (unpaired) electrons.